The van der Waals surface area contributed by atoms with Crippen molar-refractivity contribution in [3.8, 4) is 0 Å². The van der Waals surface area contributed by atoms with Gasteiger partial charge >= 0.3 is 0 Å². The van der Waals surface area contributed by atoms with Gasteiger partial charge in [-0.05, 0) is 17.7 Å². The third-order valence-electron chi connectivity index (χ3n) is 2.44. The zero-order valence-corrected chi connectivity index (χ0v) is 13.1. The Morgan fingerprint density at radius 3 is 2.79 bits per heavy atom. The van der Waals surface area contributed by atoms with Gasteiger partial charge in [0.05, 0.1) is 6.33 Å². The van der Waals surface area contributed by atoms with Gasteiger partial charge in [-0.25, -0.2) is 18.1 Å². The van der Waals surface area contributed by atoms with E-state index in [1.54, 1.807) is 7.05 Å². The first-order valence-corrected chi connectivity index (χ1v) is 7.96. The standard InChI is InChI=1S/C11H11BrClN3O2S/c1-16-7-14-11(10(16)13)19(17,18)15-6-8-3-2-4-9(12)5-8/h2-5,7,15H,6H2,1H3. The quantitative estimate of drug-likeness (QED) is 0.905. The predicted octanol–water partition coefficient (Wildman–Crippen LogP) is 2.31. The first-order valence-electron chi connectivity index (χ1n) is 5.31. The third kappa shape index (κ3) is 3.36. The molecule has 0 saturated heterocycles. The summed E-state index contributed by atoms with van der Waals surface area (Å²) in [6, 6.07) is 7.37. The minimum atomic E-state index is -3.71. The molecule has 5 nitrogen and oxygen atoms in total. The maximum atomic E-state index is 12.0. The van der Waals surface area contributed by atoms with E-state index in [2.05, 4.69) is 25.6 Å². The largest absolute Gasteiger partial charge is 0.324 e. The second-order valence-corrected chi connectivity index (χ2v) is 6.86. The SMILES string of the molecule is Cn1cnc(S(=O)(=O)NCc2cccc(Br)c2)c1Cl. The van der Waals surface area contributed by atoms with Crippen molar-refractivity contribution in [1.29, 1.82) is 0 Å². The number of nitrogens with one attached hydrogen (secondary N) is 1. The molecule has 0 unspecified atom stereocenters. The highest BCUT2D eigenvalue weighted by Gasteiger charge is 2.21. The van der Waals surface area contributed by atoms with Crippen LogP contribution in [0, 0.1) is 0 Å². The molecule has 0 radical (unpaired) electrons. The molecule has 0 aliphatic rings. The lowest BCUT2D eigenvalue weighted by molar-refractivity contribution is 0.578. The summed E-state index contributed by atoms with van der Waals surface area (Å²) in [5, 5.41) is -0.0756. The highest BCUT2D eigenvalue weighted by atomic mass is 79.9. The fourth-order valence-electron chi connectivity index (χ4n) is 1.47. The molecule has 0 saturated carbocycles. The number of hydrogen-bond acceptors (Lipinski definition) is 3. The van der Waals surface area contributed by atoms with Crippen LogP contribution in [-0.2, 0) is 23.6 Å². The number of sulfonamides is 1. The molecule has 8 heteroatoms. The van der Waals surface area contributed by atoms with Crippen LogP contribution in [0.4, 0.5) is 0 Å². The van der Waals surface area contributed by atoms with E-state index >= 15 is 0 Å². The first-order chi connectivity index (χ1) is 8.90. The number of halogens is 2. The molecular formula is C11H11BrClN3O2S. The monoisotopic (exact) mass is 363 g/mol. The summed E-state index contributed by atoms with van der Waals surface area (Å²) in [6.45, 7) is 0.175. The van der Waals surface area contributed by atoms with Crippen LogP contribution in [0.3, 0.4) is 0 Å². The Bertz CT molecular complexity index is 700. The van der Waals surface area contributed by atoms with Crippen molar-refractivity contribution in [3.05, 3.63) is 45.8 Å². The van der Waals surface area contributed by atoms with Crippen LogP contribution in [0.1, 0.15) is 5.56 Å². The Hall–Kier alpha value is -0.890. The van der Waals surface area contributed by atoms with E-state index in [1.807, 2.05) is 24.3 Å². The molecule has 0 spiro atoms. The van der Waals surface area contributed by atoms with E-state index in [9.17, 15) is 8.42 Å². The first kappa shape index (κ1) is 14.5. The van der Waals surface area contributed by atoms with E-state index in [1.165, 1.54) is 10.9 Å². The molecule has 0 aliphatic carbocycles. The molecule has 1 heterocycles. The van der Waals surface area contributed by atoms with Crippen molar-refractivity contribution < 1.29 is 8.42 Å². The van der Waals surface area contributed by atoms with E-state index in [-0.39, 0.29) is 16.7 Å². The van der Waals surface area contributed by atoms with Gasteiger partial charge in [0.2, 0.25) is 5.03 Å². The molecule has 1 aromatic heterocycles. The summed E-state index contributed by atoms with van der Waals surface area (Å²) in [7, 11) is -2.08. The zero-order chi connectivity index (χ0) is 14.0. The van der Waals surface area contributed by atoms with Gasteiger partial charge in [-0.1, -0.05) is 39.7 Å². The van der Waals surface area contributed by atoms with Gasteiger partial charge in [-0.2, -0.15) is 0 Å². The lowest BCUT2D eigenvalue weighted by atomic mass is 10.2. The molecule has 1 N–H and O–H groups in total. The summed E-state index contributed by atoms with van der Waals surface area (Å²) in [5.74, 6) is 0. The summed E-state index contributed by atoms with van der Waals surface area (Å²) < 4.78 is 28.9. The van der Waals surface area contributed by atoms with Gasteiger partial charge < -0.3 is 4.57 Å². The summed E-state index contributed by atoms with van der Waals surface area (Å²) in [6.07, 6.45) is 1.36. The maximum Gasteiger partial charge on any atom is 0.261 e. The van der Waals surface area contributed by atoms with Gasteiger partial charge in [0.1, 0.15) is 5.15 Å². The second-order valence-electron chi connectivity index (χ2n) is 3.91. The number of imidazole rings is 1. The Kier molecular flexibility index (Phi) is 4.29. The normalized spacial score (nSPS) is 11.7. The predicted molar refractivity (Wildman–Crippen MR) is 76.4 cm³/mol. The van der Waals surface area contributed by atoms with Gasteiger partial charge in [-0.15, -0.1) is 0 Å². The lowest BCUT2D eigenvalue weighted by Gasteiger charge is -2.05. The Labute approximate surface area is 124 Å². The number of benzene rings is 1. The second kappa shape index (κ2) is 5.62. The minimum Gasteiger partial charge on any atom is -0.324 e. The van der Waals surface area contributed by atoms with Crippen LogP contribution in [0.25, 0.3) is 0 Å². The smallest absolute Gasteiger partial charge is 0.261 e. The van der Waals surface area contributed by atoms with Crippen molar-refractivity contribution in [1.82, 2.24) is 14.3 Å². The highest BCUT2D eigenvalue weighted by molar-refractivity contribution is 9.10. The summed E-state index contributed by atoms with van der Waals surface area (Å²) in [4.78, 5) is 3.79. The fraction of sp³-hybridized carbons (Fsp3) is 0.182. The lowest BCUT2D eigenvalue weighted by Crippen LogP contribution is -2.24. The molecule has 0 amide bonds. The molecule has 0 atom stereocenters. The van der Waals surface area contributed by atoms with Crippen molar-refractivity contribution in [2.45, 2.75) is 11.6 Å². The molecule has 102 valence electrons. The van der Waals surface area contributed by atoms with E-state index < -0.39 is 10.0 Å². The zero-order valence-electron chi connectivity index (χ0n) is 9.97. The van der Waals surface area contributed by atoms with E-state index in [4.69, 9.17) is 11.6 Å². The van der Waals surface area contributed by atoms with Gasteiger partial charge in [0.25, 0.3) is 10.0 Å². The summed E-state index contributed by atoms with van der Waals surface area (Å²) >= 11 is 9.20. The number of aryl methyl sites for hydroxylation is 1. The van der Waals surface area contributed by atoms with Gasteiger partial charge in [0.15, 0.2) is 0 Å². The van der Waals surface area contributed by atoms with Crippen LogP contribution >= 0.6 is 27.5 Å². The van der Waals surface area contributed by atoms with Crippen LogP contribution in [-0.4, -0.2) is 18.0 Å². The average Bonchev–Trinajstić information content (AvgIpc) is 2.68. The van der Waals surface area contributed by atoms with Crippen molar-refractivity contribution in [3.63, 3.8) is 0 Å². The average molecular weight is 365 g/mol. The van der Waals surface area contributed by atoms with E-state index in [0.717, 1.165) is 10.0 Å². The fourth-order valence-corrected chi connectivity index (χ4v) is 3.36. The van der Waals surface area contributed by atoms with Crippen LogP contribution in [0.2, 0.25) is 5.15 Å². The molecule has 2 rings (SSSR count). The number of nitrogens with zero attached hydrogens (tertiary/aromatic N) is 2. The molecule has 2 aromatic rings. The van der Waals surface area contributed by atoms with Crippen LogP contribution in [0.5, 0.6) is 0 Å². The van der Waals surface area contributed by atoms with Crippen molar-refractivity contribution >= 4 is 37.6 Å². The van der Waals surface area contributed by atoms with Gasteiger partial charge in [0, 0.05) is 18.1 Å². The Morgan fingerprint density at radius 2 is 2.21 bits per heavy atom. The van der Waals surface area contributed by atoms with Crippen molar-refractivity contribution in [2.24, 2.45) is 7.05 Å². The van der Waals surface area contributed by atoms with Crippen LogP contribution in [0.15, 0.2) is 40.1 Å². The molecule has 1 aromatic carbocycles. The Morgan fingerprint density at radius 1 is 1.47 bits per heavy atom. The van der Waals surface area contributed by atoms with Gasteiger partial charge in [-0.3, -0.25) is 0 Å². The maximum absolute atomic E-state index is 12.0. The number of hydrogen-bond donors (Lipinski definition) is 1. The Balaban J connectivity index is 2.17. The summed E-state index contributed by atoms with van der Waals surface area (Å²) in [5.41, 5.74) is 0.838. The molecule has 0 fully saturated rings. The van der Waals surface area contributed by atoms with Crippen LogP contribution < -0.4 is 4.72 Å². The molecular weight excluding hydrogens is 354 g/mol. The molecule has 0 bridgehead atoms. The topological polar surface area (TPSA) is 64.0 Å². The van der Waals surface area contributed by atoms with Crippen molar-refractivity contribution in [2.75, 3.05) is 0 Å². The van der Waals surface area contributed by atoms with E-state index in [0.29, 0.717) is 0 Å². The molecule has 0 aliphatic heterocycles. The molecule has 19 heavy (non-hydrogen) atoms. The highest BCUT2D eigenvalue weighted by Crippen LogP contribution is 2.19. The number of rotatable bonds is 4. The minimum absolute atomic E-state index is 0.0849. The number of aromatic nitrogens is 2. The third-order valence-corrected chi connectivity index (χ3v) is 4.83.